The van der Waals surface area contributed by atoms with Crippen molar-refractivity contribution in [2.45, 2.75) is 52.1 Å². The van der Waals surface area contributed by atoms with E-state index in [0.717, 1.165) is 6.42 Å². The fourth-order valence-electron chi connectivity index (χ4n) is 1.47. The number of rotatable bonds is 5. The molecule has 0 radical (unpaired) electrons. The van der Waals surface area contributed by atoms with Crippen LogP contribution < -0.4 is 11.1 Å². The smallest absolute Gasteiger partial charge is 0.240 e. The van der Waals surface area contributed by atoms with Crippen molar-refractivity contribution >= 4 is 11.8 Å². The fourth-order valence-corrected chi connectivity index (χ4v) is 1.47. The van der Waals surface area contributed by atoms with Crippen molar-refractivity contribution in [2.24, 2.45) is 5.73 Å². The Hall–Kier alpha value is -1.10. The summed E-state index contributed by atoms with van der Waals surface area (Å²) in [7, 11) is 1.60. The number of carbonyl (C=O) groups is 2. The lowest BCUT2D eigenvalue weighted by Crippen LogP contribution is -2.49. The van der Waals surface area contributed by atoms with Crippen LogP contribution >= 0.6 is 0 Å². The van der Waals surface area contributed by atoms with Gasteiger partial charge < -0.3 is 16.0 Å². The molecule has 0 aromatic heterocycles. The van der Waals surface area contributed by atoms with Crippen LogP contribution in [0.5, 0.6) is 0 Å². The third-order valence-electron chi connectivity index (χ3n) is 2.19. The highest BCUT2D eigenvalue weighted by Crippen LogP contribution is 2.00. The van der Waals surface area contributed by atoms with Gasteiger partial charge in [0.15, 0.2) is 0 Å². The van der Waals surface area contributed by atoms with Gasteiger partial charge in [-0.15, -0.1) is 0 Å². The van der Waals surface area contributed by atoms with Crippen LogP contribution in [0.3, 0.4) is 0 Å². The van der Waals surface area contributed by atoms with Crippen LogP contribution in [0.15, 0.2) is 0 Å². The van der Waals surface area contributed by atoms with Crippen LogP contribution in [-0.2, 0) is 9.59 Å². The molecule has 0 unspecified atom stereocenters. The number of amides is 2. The predicted octanol–water partition coefficient (Wildman–Crippen LogP) is 0.487. The molecule has 0 bridgehead atoms. The molecule has 0 spiro atoms. The van der Waals surface area contributed by atoms with Crippen molar-refractivity contribution in [3.63, 3.8) is 0 Å². The molecule has 0 saturated carbocycles. The van der Waals surface area contributed by atoms with Crippen LogP contribution in [0, 0.1) is 0 Å². The zero-order valence-electron chi connectivity index (χ0n) is 11.5. The fraction of sp³-hybridized carbons (Fsp3) is 0.833. The molecule has 0 aliphatic carbocycles. The van der Waals surface area contributed by atoms with Gasteiger partial charge in [-0.1, -0.05) is 13.3 Å². The summed E-state index contributed by atoms with van der Waals surface area (Å²) >= 11 is 0. The molecule has 0 heterocycles. The van der Waals surface area contributed by atoms with E-state index in [1.54, 1.807) is 7.05 Å². The van der Waals surface area contributed by atoms with Crippen molar-refractivity contribution < 1.29 is 9.59 Å². The number of hydrogen-bond acceptors (Lipinski definition) is 3. The summed E-state index contributed by atoms with van der Waals surface area (Å²) in [5.74, 6) is -0.354. The maximum atomic E-state index is 11.8. The van der Waals surface area contributed by atoms with Gasteiger partial charge in [-0.3, -0.25) is 9.59 Å². The predicted molar refractivity (Wildman–Crippen MR) is 68.4 cm³/mol. The maximum absolute atomic E-state index is 11.8. The zero-order chi connectivity index (χ0) is 13.6. The van der Waals surface area contributed by atoms with Gasteiger partial charge >= 0.3 is 0 Å². The summed E-state index contributed by atoms with van der Waals surface area (Å²) in [6, 6.07) is -0.507. The Kier molecular flexibility index (Phi) is 6.16. The molecule has 3 N–H and O–H groups in total. The number of carbonyl (C=O) groups excluding carboxylic acids is 2. The number of nitrogens with two attached hydrogens (primary N) is 1. The van der Waals surface area contributed by atoms with Crippen molar-refractivity contribution in [1.82, 2.24) is 10.2 Å². The van der Waals surface area contributed by atoms with Gasteiger partial charge in [-0.2, -0.15) is 0 Å². The van der Waals surface area contributed by atoms with E-state index in [1.807, 2.05) is 27.7 Å². The molecule has 0 rings (SSSR count). The third kappa shape index (κ3) is 6.94. The monoisotopic (exact) mass is 243 g/mol. The van der Waals surface area contributed by atoms with Gasteiger partial charge in [-0.05, 0) is 27.2 Å². The highest BCUT2D eigenvalue weighted by molar-refractivity contribution is 5.87. The summed E-state index contributed by atoms with van der Waals surface area (Å²) in [6.45, 7) is 7.72. The second-order valence-corrected chi connectivity index (χ2v) is 5.39. The van der Waals surface area contributed by atoms with E-state index in [9.17, 15) is 9.59 Å². The molecule has 0 fully saturated rings. The first-order chi connectivity index (χ1) is 7.67. The second kappa shape index (κ2) is 6.59. The average molecular weight is 243 g/mol. The van der Waals surface area contributed by atoms with Crippen LogP contribution in [0.2, 0.25) is 0 Å². The van der Waals surface area contributed by atoms with E-state index in [0.29, 0.717) is 6.42 Å². The van der Waals surface area contributed by atoms with Crippen molar-refractivity contribution in [2.75, 3.05) is 13.6 Å². The molecule has 2 amide bonds. The Morgan fingerprint density at radius 2 is 1.88 bits per heavy atom. The minimum Gasteiger partial charge on any atom is -0.350 e. The van der Waals surface area contributed by atoms with Gasteiger partial charge in [0.25, 0.3) is 0 Å². The molecular weight excluding hydrogens is 218 g/mol. The van der Waals surface area contributed by atoms with Gasteiger partial charge in [0.05, 0.1) is 12.6 Å². The molecule has 5 heteroatoms. The van der Waals surface area contributed by atoms with E-state index in [1.165, 1.54) is 4.90 Å². The first kappa shape index (κ1) is 15.9. The van der Waals surface area contributed by atoms with Gasteiger partial charge in [0.2, 0.25) is 11.8 Å². The lowest BCUT2D eigenvalue weighted by atomic mass is 10.1. The number of hydrogen-bond donors (Lipinski definition) is 2. The Bertz CT molecular complexity index is 271. The molecule has 0 saturated heterocycles. The summed E-state index contributed by atoms with van der Waals surface area (Å²) < 4.78 is 0. The summed E-state index contributed by atoms with van der Waals surface area (Å²) in [6.07, 6.45) is 1.50. The SMILES string of the molecule is CCC[C@@H](N)C(=O)N(C)CC(=O)NC(C)(C)C. The molecule has 100 valence electrons. The minimum atomic E-state index is -0.507. The Balaban J connectivity index is 4.21. The van der Waals surface area contributed by atoms with Crippen LogP contribution in [-0.4, -0.2) is 41.9 Å². The standard InChI is InChI=1S/C12H25N3O2/c1-6-7-9(13)11(17)15(5)8-10(16)14-12(2,3)4/h9H,6-8,13H2,1-5H3,(H,14,16)/t9-/m1/s1. The largest absolute Gasteiger partial charge is 0.350 e. The Morgan fingerprint density at radius 1 is 1.35 bits per heavy atom. The van der Waals surface area contributed by atoms with Gasteiger partial charge in [0, 0.05) is 12.6 Å². The first-order valence-corrected chi connectivity index (χ1v) is 5.99. The normalized spacial score (nSPS) is 13.1. The number of likely N-dealkylation sites (N-methyl/N-ethyl adjacent to an activating group) is 1. The molecule has 0 aliphatic rings. The van der Waals surface area contributed by atoms with Crippen molar-refractivity contribution in [3.8, 4) is 0 Å². The maximum Gasteiger partial charge on any atom is 0.240 e. The molecule has 17 heavy (non-hydrogen) atoms. The summed E-state index contributed by atoms with van der Waals surface area (Å²) in [5, 5.41) is 2.80. The highest BCUT2D eigenvalue weighted by atomic mass is 16.2. The van der Waals surface area contributed by atoms with E-state index in [2.05, 4.69) is 5.32 Å². The summed E-state index contributed by atoms with van der Waals surface area (Å²) in [5.41, 5.74) is 5.42. The average Bonchev–Trinajstić information content (AvgIpc) is 2.13. The van der Waals surface area contributed by atoms with Crippen molar-refractivity contribution in [1.29, 1.82) is 0 Å². The molecule has 0 aliphatic heterocycles. The Morgan fingerprint density at radius 3 is 2.29 bits per heavy atom. The molecule has 0 aromatic carbocycles. The molecule has 1 atom stereocenters. The highest BCUT2D eigenvalue weighted by Gasteiger charge is 2.21. The van der Waals surface area contributed by atoms with E-state index >= 15 is 0 Å². The molecule has 0 aromatic rings. The zero-order valence-corrected chi connectivity index (χ0v) is 11.5. The second-order valence-electron chi connectivity index (χ2n) is 5.39. The van der Waals surface area contributed by atoms with E-state index < -0.39 is 6.04 Å². The Labute approximate surface area is 104 Å². The van der Waals surface area contributed by atoms with Crippen molar-refractivity contribution in [3.05, 3.63) is 0 Å². The number of nitrogens with zero attached hydrogens (tertiary/aromatic N) is 1. The van der Waals surface area contributed by atoms with Crippen LogP contribution in [0.1, 0.15) is 40.5 Å². The lowest BCUT2D eigenvalue weighted by molar-refractivity contribution is -0.136. The van der Waals surface area contributed by atoms with Gasteiger partial charge in [-0.25, -0.2) is 0 Å². The van der Waals surface area contributed by atoms with Crippen LogP contribution in [0.4, 0.5) is 0 Å². The van der Waals surface area contributed by atoms with Gasteiger partial charge in [0.1, 0.15) is 0 Å². The van der Waals surface area contributed by atoms with E-state index in [4.69, 9.17) is 5.73 Å². The molecular formula is C12H25N3O2. The summed E-state index contributed by atoms with van der Waals surface area (Å²) in [4.78, 5) is 24.7. The van der Waals surface area contributed by atoms with Crippen LogP contribution in [0.25, 0.3) is 0 Å². The topological polar surface area (TPSA) is 75.4 Å². The lowest BCUT2D eigenvalue weighted by Gasteiger charge is -2.24. The minimum absolute atomic E-state index is 0.0491. The molecule has 5 nitrogen and oxygen atoms in total. The number of nitrogens with one attached hydrogen (secondary N) is 1. The quantitative estimate of drug-likeness (QED) is 0.737. The van der Waals surface area contributed by atoms with E-state index in [-0.39, 0.29) is 23.9 Å². The first-order valence-electron chi connectivity index (χ1n) is 5.99. The third-order valence-corrected chi connectivity index (χ3v) is 2.19.